The van der Waals surface area contributed by atoms with Crippen molar-refractivity contribution in [3.8, 4) is 0 Å². The molecular weight excluding hydrogens is 208 g/mol. The van der Waals surface area contributed by atoms with Gasteiger partial charge in [-0.2, -0.15) is 0 Å². The van der Waals surface area contributed by atoms with Gasteiger partial charge in [-0.25, -0.2) is 0 Å². The van der Waals surface area contributed by atoms with Crippen LogP contribution >= 0.6 is 0 Å². The number of carbonyl (C=O) groups is 1. The second-order valence-corrected chi connectivity index (χ2v) is 4.17. The van der Waals surface area contributed by atoms with E-state index in [-0.39, 0.29) is 12.4 Å². The van der Waals surface area contributed by atoms with Crippen LogP contribution in [-0.2, 0) is 9.53 Å². The summed E-state index contributed by atoms with van der Waals surface area (Å²) in [5.74, 6) is -0.348. The summed E-state index contributed by atoms with van der Waals surface area (Å²) in [6.07, 6.45) is -0.523. The lowest BCUT2D eigenvalue weighted by Gasteiger charge is -2.34. The molecule has 5 nitrogen and oxygen atoms in total. The molecule has 1 unspecified atom stereocenters. The fraction of sp³-hybridized carbons (Fsp3) is 0.909. The number of ether oxygens (including phenoxy) is 1. The highest BCUT2D eigenvalue weighted by molar-refractivity contribution is 5.69. The molecule has 1 rings (SSSR count). The van der Waals surface area contributed by atoms with Gasteiger partial charge in [-0.05, 0) is 6.54 Å². The van der Waals surface area contributed by atoms with Crippen LogP contribution in [-0.4, -0.2) is 73.4 Å². The lowest BCUT2D eigenvalue weighted by atomic mass is 10.2. The number of hydrogen-bond donors (Lipinski definition) is 1. The molecule has 1 saturated heterocycles. The Bertz CT molecular complexity index is 215. The summed E-state index contributed by atoms with van der Waals surface area (Å²) in [6.45, 7) is 7.81. The van der Waals surface area contributed by atoms with E-state index in [4.69, 9.17) is 0 Å². The summed E-state index contributed by atoms with van der Waals surface area (Å²) in [6, 6.07) is 0. The van der Waals surface area contributed by atoms with Crippen LogP contribution in [0.15, 0.2) is 0 Å². The highest BCUT2D eigenvalue weighted by Gasteiger charge is 2.19. The van der Waals surface area contributed by atoms with Gasteiger partial charge in [0.15, 0.2) is 0 Å². The molecule has 0 spiro atoms. The summed E-state index contributed by atoms with van der Waals surface area (Å²) < 4.78 is 4.52. The van der Waals surface area contributed by atoms with E-state index >= 15 is 0 Å². The number of rotatable bonds is 5. The molecule has 0 aromatic heterocycles. The fourth-order valence-electron chi connectivity index (χ4n) is 1.93. The van der Waals surface area contributed by atoms with Crippen LogP contribution in [0.2, 0.25) is 0 Å². The number of esters is 1. The van der Waals surface area contributed by atoms with Gasteiger partial charge < -0.3 is 14.7 Å². The van der Waals surface area contributed by atoms with E-state index in [1.165, 1.54) is 7.11 Å². The number of nitrogens with zero attached hydrogens (tertiary/aromatic N) is 2. The number of carbonyl (C=O) groups excluding carboxylic acids is 1. The van der Waals surface area contributed by atoms with E-state index in [1.807, 2.05) is 0 Å². The first-order valence-electron chi connectivity index (χ1n) is 5.85. The maximum atomic E-state index is 11.0. The average molecular weight is 230 g/mol. The fourth-order valence-corrected chi connectivity index (χ4v) is 1.93. The molecule has 0 radical (unpaired) electrons. The molecule has 1 atom stereocenters. The largest absolute Gasteiger partial charge is 0.469 e. The number of methoxy groups -OCH3 is 1. The van der Waals surface area contributed by atoms with Crippen LogP contribution in [0.3, 0.4) is 0 Å². The Morgan fingerprint density at radius 2 is 1.88 bits per heavy atom. The Hall–Kier alpha value is -0.650. The van der Waals surface area contributed by atoms with Gasteiger partial charge in [0.05, 0.1) is 19.6 Å². The number of aliphatic hydroxyl groups excluding tert-OH is 1. The Kier molecular flexibility index (Phi) is 5.73. The standard InChI is InChI=1S/C11H22N2O3/c1-3-12-4-6-13(7-5-12)9-10(14)8-11(15)16-2/h10,14H,3-9H2,1-2H3. The molecular formula is C11H22N2O3. The summed E-state index contributed by atoms with van der Waals surface area (Å²) in [4.78, 5) is 15.5. The van der Waals surface area contributed by atoms with Crippen LogP contribution in [0.25, 0.3) is 0 Å². The van der Waals surface area contributed by atoms with E-state index in [0.29, 0.717) is 6.54 Å². The molecule has 1 fully saturated rings. The third-order valence-electron chi connectivity index (χ3n) is 3.01. The monoisotopic (exact) mass is 230 g/mol. The topological polar surface area (TPSA) is 53.0 Å². The Morgan fingerprint density at radius 3 is 2.38 bits per heavy atom. The van der Waals surface area contributed by atoms with E-state index in [0.717, 1.165) is 32.7 Å². The van der Waals surface area contributed by atoms with Gasteiger partial charge in [-0.1, -0.05) is 6.92 Å². The molecule has 16 heavy (non-hydrogen) atoms. The van der Waals surface area contributed by atoms with Crippen LogP contribution in [0.1, 0.15) is 13.3 Å². The second kappa shape index (κ2) is 6.83. The van der Waals surface area contributed by atoms with Gasteiger partial charge in [-0.15, -0.1) is 0 Å². The van der Waals surface area contributed by atoms with Crippen molar-refractivity contribution in [3.05, 3.63) is 0 Å². The maximum absolute atomic E-state index is 11.0. The van der Waals surface area contributed by atoms with Crippen molar-refractivity contribution in [2.75, 3.05) is 46.4 Å². The highest BCUT2D eigenvalue weighted by atomic mass is 16.5. The van der Waals surface area contributed by atoms with Gasteiger partial charge >= 0.3 is 5.97 Å². The third-order valence-corrected chi connectivity index (χ3v) is 3.01. The van der Waals surface area contributed by atoms with Gasteiger partial charge in [0.1, 0.15) is 0 Å². The van der Waals surface area contributed by atoms with Crippen molar-refractivity contribution in [1.29, 1.82) is 0 Å². The van der Waals surface area contributed by atoms with Gasteiger partial charge in [0.2, 0.25) is 0 Å². The minimum Gasteiger partial charge on any atom is -0.469 e. The molecule has 1 N–H and O–H groups in total. The number of likely N-dealkylation sites (N-methyl/N-ethyl adjacent to an activating group) is 1. The van der Waals surface area contributed by atoms with Crippen molar-refractivity contribution in [2.45, 2.75) is 19.4 Å². The van der Waals surface area contributed by atoms with E-state index in [9.17, 15) is 9.90 Å². The van der Waals surface area contributed by atoms with E-state index in [2.05, 4.69) is 21.5 Å². The zero-order valence-corrected chi connectivity index (χ0v) is 10.2. The molecule has 94 valence electrons. The van der Waals surface area contributed by atoms with Crippen LogP contribution in [0.4, 0.5) is 0 Å². The number of piperazine rings is 1. The van der Waals surface area contributed by atoms with Gasteiger partial charge in [0.25, 0.3) is 0 Å². The normalized spacial score (nSPS) is 20.7. The number of hydrogen-bond acceptors (Lipinski definition) is 5. The molecule has 1 aliphatic heterocycles. The highest BCUT2D eigenvalue weighted by Crippen LogP contribution is 2.04. The molecule has 0 amide bonds. The SMILES string of the molecule is CCN1CCN(CC(O)CC(=O)OC)CC1. The number of aliphatic hydroxyl groups is 1. The van der Waals surface area contributed by atoms with Crippen molar-refractivity contribution in [2.24, 2.45) is 0 Å². The molecule has 1 aliphatic rings. The van der Waals surface area contributed by atoms with Crippen LogP contribution in [0, 0.1) is 0 Å². The zero-order chi connectivity index (χ0) is 12.0. The molecule has 0 aromatic carbocycles. The first-order chi connectivity index (χ1) is 7.65. The molecule has 0 aromatic rings. The van der Waals surface area contributed by atoms with Crippen molar-refractivity contribution in [1.82, 2.24) is 9.80 Å². The first kappa shape index (κ1) is 13.4. The van der Waals surface area contributed by atoms with Crippen LogP contribution in [0.5, 0.6) is 0 Å². The molecule has 1 heterocycles. The Balaban J connectivity index is 2.20. The summed E-state index contributed by atoms with van der Waals surface area (Å²) in [5.41, 5.74) is 0. The molecule has 0 saturated carbocycles. The van der Waals surface area contributed by atoms with Gasteiger partial charge in [-0.3, -0.25) is 9.69 Å². The minimum absolute atomic E-state index is 0.0878. The van der Waals surface area contributed by atoms with Gasteiger partial charge in [0, 0.05) is 32.7 Å². The quantitative estimate of drug-likeness (QED) is 0.648. The summed E-state index contributed by atoms with van der Waals surface area (Å²) in [5, 5.41) is 9.67. The Labute approximate surface area is 97.0 Å². The van der Waals surface area contributed by atoms with E-state index in [1.54, 1.807) is 0 Å². The number of β-amino-alcohol motifs (C(OH)–C–C–N with tert-alkyl or cyclic N) is 1. The average Bonchev–Trinajstić information content (AvgIpc) is 2.29. The molecule has 5 heteroatoms. The molecule has 0 bridgehead atoms. The zero-order valence-electron chi connectivity index (χ0n) is 10.2. The Morgan fingerprint density at radius 1 is 1.31 bits per heavy atom. The van der Waals surface area contributed by atoms with Crippen molar-refractivity contribution in [3.63, 3.8) is 0 Å². The second-order valence-electron chi connectivity index (χ2n) is 4.17. The minimum atomic E-state index is -0.611. The molecule has 0 aliphatic carbocycles. The van der Waals surface area contributed by atoms with Crippen molar-refractivity contribution < 1.29 is 14.6 Å². The summed E-state index contributed by atoms with van der Waals surface area (Å²) in [7, 11) is 1.34. The van der Waals surface area contributed by atoms with Crippen molar-refractivity contribution >= 4 is 5.97 Å². The van der Waals surface area contributed by atoms with E-state index < -0.39 is 6.10 Å². The lowest BCUT2D eigenvalue weighted by molar-refractivity contribution is -0.143. The first-order valence-corrected chi connectivity index (χ1v) is 5.85. The predicted molar refractivity (Wildman–Crippen MR) is 61.2 cm³/mol. The lowest BCUT2D eigenvalue weighted by Crippen LogP contribution is -2.48. The maximum Gasteiger partial charge on any atom is 0.308 e. The predicted octanol–water partition coefficient (Wildman–Crippen LogP) is -0.452. The smallest absolute Gasteiger partial charge is 0.308 e. The summed E-state index contributed by atoms with van der Waals surface area (Å²) >= 11 is 0. The third kappa shape index (κ3) is 4.47. The van der Waals surface area contributed by atoms with Crippen LogP contribution < -0.4 is 0 Å².